The van der Waals surface area contributed by atoms with Crippen LogP contribution in [0.15, 0.2) is 47.6 Å². The number of amides is 1. The van der Waals surface area contributed by atoms with Gasteiger partial charge in [-0.2, -0.15) is 5.10 Å². The number of para-hydroxylation sites is 1. The number of nitrogens with zero attached hydrogens (tertiary/aromatic N) is 3. The number of anilines is 1. The summed E-state index contributed by atoms with van der Waals surface area (Å²) in [7, 11) is 0. The van der Waals surface area contributed by atoms with E-state index in [1.807, 2.05) is 25.1 Å². The van der Waals surface area contributed by atoms with Gasteiger partial charge < -0.3 is 9.64 Å². The predicted octanol–water partition coefficient (Wildman–Crippen LogP) is 4.55. The zero-order chi connectivity index (χ0) is 23.7. The zero-order valence-electron chi connectivity index (χ0n) is 19.4. The number of hydrazone groups is 1. The van der Waals surface area contributed by atoms with Crippen molar-refractivity contribution in [1.82, 2.24) is 5.43 Å². The fourth-order valence-electron chi connectivity index (χ4n) is 3.27. The highest BCUT2D eigenvalue weighted by molar-refractivity contribution is 5.90. The molecule has 172 valence electrons. The minimum atomic E-state index is -0.440. The number of rotatable bonds is 11. The Morgan fingerprint density at radius 3 is 2.41 bits per heavy atom. The van der Waals surface area contributed by atoms with Crippen molar-refractivity contribution in [2.75, 3.05) is 24.6 Å². The van der Waals surface area contributed by atoms with E-state index < -0.39 is 10.8 Å². The number of hydrogen-bond donors (Lipinski definition) is 1. The number of ether oxygens (including phenoxy) is 1. The van der Waals surface area contributed by atoms with Gasteiger partial charge in [0.15, 0.2) is 6.61 Å². The van der Waals surface area contributed by atoms with Crippen LogP contribution in [0.2, 0.25) is 0 Å². The van der Waals surface area contributed by atoms with E-state index in [-0.39, 0.29) is 12.3 Å². The molecule has 8 heteroatoms. The molecule has 0 aliphatic heterocycles. The molecule has 0 bridgehead atoms. The molecule has 0 aliphatic carbocycles. The second kappa shape index (κ2) is 11.8. The van der Waals surface area contributed by atoms with Crippen LogP contribution >= 0.6 is 0 Å². The predicted molar refractivity (Wildman–Crippen MR) is 127 cm³/mol. The highest BCUT2D eigenvalue weighted by Gasteiger charge is 2.17. The van der Waals surface area contributed by atoms with Gasteiger partial charge in [-0.25, -0.2) is 5.43 Å². The zero-order valence-corrected chi connectivity index (χ0v) is 19.4. The van der Waals surface area contributed by atoms with E-state index in [2.05, 4.69) is 43.1 Å². The van der Waals surface area contributed by atoms with E-state index >= 15 is 0 Å². The Hall–Kier alpha value is -3.42. The van der Waals surface area contributed by atoms with E-state index in [0.29, 0.717) is 23.1 Å². The highest BCUT2D eigenvalue weighted by Crippen LogP contribution is 2.26. The molecule has 2 rings (SSSR count). The molecular formula is C24H32N4O4. The van der Waals surface area contributed by atoms with Gasteiger partial charge in [0.2, 0.25) is 0 Å². The molecule has 0 aliphatic rings. The maximum Gasteiger partial charge on any atom is 0.277 e. The van der Waals surface area contributed by atoms with Crippen molar-refractivity contribution in [1.29, 1.82) is 0 Å². The smallest absolute Gasteiger partial charge is 0.277 e. The molecule has 1 N–H and O–H groups in total. The lowest BCUT2D eigenvalue weighted by atomic mass is 10.1. The van der Waals surface area contributed by atoms with Crippen molar-refractivity contribution in [3.8, 4) is 5.75 Å². The van der Waals surface area contributed by atoms with Gasteiger partial charge in [-0.1, -0.05) is 45.9 Å². The molecular weight excluding hydrogens is 408 g/mol. The number of nitrogens with one attached hydrogen (secondary N) is 1. The van der Waals surface area contributed by atoms with Crippen LogP contribution in [0.3, 0.4) is 0 Å². The number of carbonyl (C=O) groups is 1. The Morgan fingerprint density at radius 1 is 1.16 bits per heavy atom. The molecule has 0 saturated carbocycles. The van der Waals surface area contributed by atoms with Crippen LogP contribution in [-0.2, 0) is 4.79 Å². The molecule has 2 aromatic rings. The van der Waals surface area contributed by atoms with Crippen LogP contribution < -0.4 is 15.1 Å². The Labute approximate surface area is 189 Å². The Bertz CT molecular complexity index is 947. The van der Waals surface area contributed by atoms with Gasteiger partial charge in [-0.15, -0.1) is 0 Å². The van der Waals surface area contributed by atoms with Gasteiger partial charge in [0.1, 0.15) is 5.75 Å². The van der Waals surface area contributed by atoms with E-state index in [9.17, 15) is 14.9 Å². The molecule has 32 heavy (non-hydrogen) atoms. The maximum atomic E-state index is 12.1. The summed E-state index contributed by atoms with van der Waals surface area (Å²) in [4.78, 5) is 25.2. The van der Waals surface area contributed by atoms with Crippen LogP contribution in [0.25, 0.3) is 0 Å². The molecule has 0 aromatic heterocycles. The SMILES string of the molecule is Cc1ccccc1OCC(=O)N/N=C\c1cc([N+](=O)[O-])ccc1N(CC(C)C)CC(C)C. The summed E-state index contributed by atoms with van der Waals surface area (Å²) in [5.41, 5.74) is 4.75. The van der Waals surface area contributed by atoms with Crippen molar-refractivity contribution in [3.05, 3.63) is 63.7 Å². The quantitative estimate of drug-likeness (QED) is 0.314. The first-order valence-electron chi connectivity index (χ1n) is 10.7. The number of hydrogen-bond acceptors (Lipinski definition) is 6. The van der Waals surface area contributed by atoms with Gasteiger partial charge in [-0.3, -0.25) is 14.9 Å². The fraction of sp³-hybridized carbons (Fsp3) is 0.417. The standard InChI is InChI=1S/C24H32N4O4/c1-17(2)14-27(15-18(3)4)22-11-10-21(28(30)31)12-20(22)13-25-26-24(29)16-32-23-9-7-6-8-19(23)5/h6-13,17-18H,14-16H2,1-5H3,(H,26,29)/b25-13-. The summed E-state index contributed by atoms with van der Waals surface area (Å²) in [5.74, 6) is 1.03. The second-order valence-electron chi connectivity index (χ2n) is 8.54. The molecule has 0 spiro atoms. The number of benzene rings is 2. The average molecular weight is 441 g/mol. The lowest BCUT2D eigenvalue weighted by Crippen LogP contribution is -2.32. The lowest BCUT2D eigenvalue weighted by molar-refractivity contribution is -0.384. The lowest BCUT2D eigenvalue weighted by Gasteiger charge is -2.29. The van der Waals surface area contributed by atoms with Crippen LogP contribution in [0, 0.1) is 28.9 Å². The highest BCUT2D eigenvalue weighted by atomic mass is 16.6. The summed E-state index contributed by atoms with van der Waals surface area (Å²) in [6.07, 6.45) is 1.45. The van der Waals surface area contributed by atoms with Crippen molar-refractivity contribution in [2.45, 2.75) is 34.6 Å². The topological polar surface area (TPSA) is 97.1 Å². The fourth-order valence-corrected chi connectivity index (χ4v) is 3.27. The Balaban J connectivity index is 2.17. The monoisotopic (exact) mass is 440 g/mol. The summed E-state index contributed by atoms with van der Waals surface area (Å²) >= 11 is 0. The molecule has 8 nitrogen and oxygen atoms in total. The second-order valence-corrected chi connectivity index (χ2v) is 8.54. The maximum absolute atomic E-state index is 12.1. The number of aryl methyl sites for hydroxylation is 1. The summed E-state index contributed by atoms with van der Waals surface area (Å²) in [6.45, 7) is 11.8. The Morgan fingerprint density at radius 2 is 1.81 bits per heavy atom. The minimum absolute atomic E-state index is 0.0292. The number of carbonyl (C=O) groups excluding carboxylic acids is 1. The third kappa shape index (κ3) is 7.68. The van der Waals surface area contributed by atoms with Crippen molar-refractivity contribution >= 4 is 23.5 Å². The first kappa shape index (κ1) is 24.8. The normalized spacial score (nSPS) is 11.2. The van der Waals surface area contributed by atoms with Gasteiger partial charge in [-0.05, 0) is 36.5 Å². The third-order valence-corrected chi connectivity index (χ3v) is 4.58. The van der Waals surface area contributed by atoms with Gasteiger partial charge >= 0.3 is 0 Å². The molecule has 0 fully saturated rings. The summed E-state index contributed by atoms with van der Waals surface area (Å²) in [6, 6.07) is 12.1. The molecule has 0 radical (unpaired) electrons. The average Bonchev–Trinajstić information content (AvgIpc) is 2.72. The van der Waals surface area contributed by atoms with Crippen LogP contribution in [-0.4, -0.2) is 36.7 Å². The molecule has 0 unspecified atom stereocenters. The first-order valence-corrected chi connectivity index (χ1v) is 10.7. The van der Waals surface area contributed by atoms with E-state index in [1.165, 1.54) is 18.3 Å². The number of nitro benzene ring substituents is 1. The molecule has 0 atom stereocenters. The van der Waals surface area contributed by atoms with E-state index in [1.54, 1.807) is 12.1 Å². The molecule has 2 aromatic carbocycles. The largest absolute Gasteiger partial charge is 0.483 e. The van der Waals surface area contributed by atoms with Crippen LogP contribution in [0.5, 0.6) is 5.75 Å². The number of nitro groups is 1. The molecule has 1 amide bonds. The van der Waals surface area contributed by atoms with Crippen LogP contribution in [0.4, 0.5) is 11.4 Å². The summed E-state index contributed by atoms with van der Waals surface area (Å²) in [5, 5.41) is 15.3. The van der Waals surface area contributed by atoms with Crippen molar-refractivity contribution in [2.24, 2.45) is 16.9 Å². The van der Waals surface area contributed by atoms with Crippen molar-refractivity contribution in [3.63, 3.8) is 0 Å². The van der Waals surface area contributed by atoms with Gasteiger partial charge in [0.05, 0.1) is 11.1 Å². The van der Waals surface area contributed by atoms with E-state index in [4.69, 9.17) is 4.74 Å². The first-order chi connectivity index (χ1) is 15.2. The third-order valence-electron chi connectivity index (χ3n) is 4.58. The number of non-ortho nitro benzene ring substituents is 1. The molecule has 0 heterocycles. The Kier molecular flexibility index (Phi) is 9.19. The van der Waals surface area contributed by atoms with Gasteiger partial charge in [0.25, 0.3) is 11.6 Å². The molecule has 0 saturated heterocycles. The minimum Gasteiger partial charge on any atom is -0.483 e. The van der Waals surface area contributed by atoms with Gasteiger partial charge in [0, 0.05) is 36.5 Å². The van der Waals surface area contributed by atoms with Crippen LogP contribution in [0.1, 0.15) is 38.8 Å². The van der Waals surface area contributed by atoms with E-state index in [0.717, 1.165) is 24.3 Å². The summed E-state index contributed by atoms with van der Waals surface area (Å²) < 4.78 is 5.52. The van der Waals surface area contributed by atoms with Crippen molar-refractivity contribution < 1.29 is 14.5 Å².